The summed E-state index contributed by atoms with van der Waals surface area (Å²) in [6, 6.07) is 16.7. The predicted octanol–water partition coefficient (Wildman–Crippen LogP) is 4.38. The summed E-state index contributed by atoms with van der Waals surface area (Å²) in [5.41, 5.74) is 2.37. The van der Waals surface area contributed by atoms with Gasteiger partial charge in [0.15, 0.2) is 0 Å². The topological polar surface area (TPSA) is 60.5 Å². The first kappa shape index (κ1) is 18.9. The molecule has 1 amide bonds. The SMILES string of the molecule is COc1ccc(C(NC(=O)c2cncc(Br)c2)c2ccc(OC)cc2)cc1. The average Bonchev–Trinajstić information content (AvgIpc) is 2.72. The summed E-state index contributed by atoms with van der Waals surface area (Å²) in [4.78, 5) is 16.8. The van der Waals surface area contributed by atoms with Crippen molar-refractivity contribution < 1.29 is 14.3 Å². The van der Waals surface area contributed by atoms with Gasteiger partial charge in [-0.05, 0) is 57.4 Å². The van der Waals surface area contributed by atoms with Crippen molar-refractivity contribution in [1.82, 2.24) is 10.3 Å². The van der Waals surface area contributed by atoms with Gasteiger partial charge in [-0.25, -0.2) is 0 Å². The van der Waals surface area contributed by atoms with Crippen molar-refractivity contribution in [3.63, 3.8) is 0 Å². The van der Waals surface area contributed by atoms with Crippen LogP contribution in [0.5, 0.6) is 11.5 Å². The summed E-state index contributed by atoms with van der Waals surface area (Å²) in [5.74, 6) is 1.31. The Morgan fingerprint density at radius 2 is 1.44 bits per heavy atom. The molecule has 0 radical (unpaired) electrons. The number of nitrogens with one attached hydrogen (secondary N) is 1. The second kappa shape index (κ2) is 8.68. The van der Waals surface area contributed by atoms with E-state index in [9.17, 15) is 4.79 Å². The molecule has 2 aromatic carbocycles. The Bertz CT molecular complexity index is 864. The van der Waals surface area contributed by atoms with Gasteiger partial charge in [0.1, 0.15) is 11.5 Å². The highest BCUT2D eigenvalue weighted by molar-refractivity contribution is 9.10. The van der Waals surface area contributed by atoms with Crippen LogP contribution in [0.1, 0.15) is 27.5 Å². The maximum absolute atomic E-state index is 12.8. The molecule has 0 aliphatic rings. The van der Waals surface area contributed by atoms with Crippen molar-refractivity contribution in [3.8, 4) is 11.5 Å². The number of carbonyl (C=O) groups is 1. The summed E-state index contributed by atoms with van der Waals surface area (Å²) >= 11 is 3.35. The minimum atomic E-state index is -0.326. The number of nitrogens with zero attached hydrogens (tertiary/aromatic N) is 1. The molecular weight excluding hydrogens is 408 g/mol. The number of pyridine rings is 1. The fourth-order valence-electron chi connectivity index (χ4n) is 2.70. The highest BCUT2D eigenvalue weighted by atomic mass is 79.9. The minimum Gasteiger partial charge on any atom is -0.497 e. The Balaban J connectivity index is 1.94. The molecule has 1 aromatic heterocycles. The van der Waals surface area contributed by atoms with Gasteiger partial charge in [0, 0.05) is 16.9 Å². The van der Waals surface area contributed by atoms with Crippen LogP contribution >= 0.6 is 15.9 Å². The van der Waals surface area contributed by atoms with Gasteiger partial charge < -0.3 is 14.8 Å². The second-order valence-electron chi connectivity index (χ2n) is 5.84. The molecule has 0 bridgehead atoms. The fraction of sp³-hybridized carbons (Fsp3) is 0.143. The number of hydrogen-bond donors (Lipinski definition) is 1. The molecule has 0 atom stereocenters. The van der Waals surface area contributed by atoms with E-state index in [1.165, 1.54) is 0 Å². The van der Waals surface area contributed by atoms with E-state index in [0.717, 1.165) is 27.1 Å². The molecule has 1 heterocycles. The van der Waals surface area contributed by atoms with E-state index in [-0.39, 0.29) is 11.9 Å². The third-order valence-electron chi connectivity index (χ3n) is 4.14. The maximum Gasteiger partial charge on any atom is 0.253 e. The van der Waals surface area contributed by atoms with E-state index < -0.39 is 0 Å². The first-order chi connectivity index (χ1) is 13.1. The van der Waals surface area contributed by atoms with Gasteiger partial charge in [-0.15, -0.1) is 0 Å². The lowest BCUT2D eigenvalue weighted by Crippen LogP contribution is -2.29. The third-order valence-corrected chi connectivity index (χ3v) is 4.57. The number of hydrogen-bond acceptors (Lipinski definition) is 4. The van der Waals surface area contributed by atoms with Gasteiger partial charge >= 0.3 is 0 Å². The minimum absolute atomic E-state index is 0.208. The number of halogens is 1. The molecule has 0 fully saturated rings. The summed E-state index contributed by atoms with van der Waals surface area (Å²) in [6.07, 6.45) is 3.18. The monoisotopic (exact) mass is 426 g/mol. The van der Waals surface area contributed by atoms with Crippen LogP contribution in [-0.4, -0.2) is 25.1 Å². The molecule has 0 unspecified atom stereocenters. The lowest BCUT2D eigenvalue weighted by atomic mass is 9.98. The van der Waals surface area contributed by atoms with E-state index in [4.69, 9.17) is 9.47 Å². The van der Waals surface area contributed by atoms with Crippen LogP contribution < -0.4 is 14.8 Å². The first-order valence-electron chi connectivity index (χ1n) is 8.30. The molecule has 0 saturated carbocycles. The highest BCUT2D eigenvalue weighted by Crippen LogP contribution is 2.26. The number of benzene rings is 2. The van der Waals surface area contributed by atoms with Crippen LogP contribution in [0.4, 0.5) is 0 Å². The molecule has 0 aliphatic heterocycles. The Kier molecular flexibility index (Phi) is 6.08. The molecule has 0 saturated heterocycles. The average molecular weight is 427 g/mol. The van der Waals surface area contributed by atoms with Crippen LogP contribution in [0.3, 0.4) is 0 Å². The smallest absolute Gasteiger partial charge is 0.253 e. The van der Waals surface area contributed by atoms with Crippen LogP contribution in [0.2, 0.25) is 0 Å². The normalized spacial score (nSPS) is 10.5. The summed E-state index contributed by atoms with van der Waals surface area (Å²) in [5, 5.41) is 3.09. The van der Waals surface area contributed by atoms with Gasteiger partial charge in [0.05, 0.1) is 25.8 Å². The number of methoxy groups -OCH3 is 2. The standard InChI is InChI=1S/C21H19BrN2O3/c1-26-18-7-3-14(4-8-18)20(15-5-9-19(27-2)10-6-15)24-21(25)16-11-17(22)13-23-12-16/h3-13,20H,1-2H3,(H,24,25). The molecule has 0 spiro atoms. The van der Waals surface area contributed by atoms with E-state index >= 15 is 0 Å². The zero-order valence-corrected chi connectivity index (χ0v) is 16.6. The molecule has 27 heavy (non-hydrogen) atoms. The maximum atomic E-state index is 12.8. The van der Waals surface area contributed by atoms with Crippen molar-refractivity contribution in [2.24, 2.45) is 0 Å². The first-order valence-corrected chi connectivity index (χ1v) is 9.09. The second-order valence-corrected chi connectivity index (χ2v) is 6.76. The van der Waals surface area contributed by atoms with Crippen LogP contribution in [0.25, 0.3) is 0 Å². The van der Waals surface area contributed by atoms with Crippen molar-refractivity contribution in [2.75, 3.05) is 14.2 Å². The fourth-order valence-corrected chi connectivity index (χ4v) is 3.07. The van der Waals surface area contributed by atoms with Gasteiger partial charge in [-0.2, -0.15) is 0 Å². The molecule has 3 rings (SSSR count). The van der Waals surface area contributed by atoms with E-state index in [1.54, 1.807) is 32.7 Å². The summed E-state index contributed by atoms with van der Waals surface area (Å²) in [6.45, 7) is 0. The highest BCUT2D eigenvalue weighted by Gasteiger charge is 2.18. The molecule has 1 N–H and O–H groups in total. The lowest BCUT2D eigenvalue weighted by Gasteiger charge is -2.20. The Morgan fingerprint density at radius 3 is 1.89 bits per heavy atom. The van der Waals surface area contributed by atoms with E-state index in [0.29, 0.717) is 5.56 Å². The molecule has 138 valence electrons. The summed E-state index contributed by atoms with van der Waals surface area (Å²) in [7, 11) is 3.25. The largest absolute Gasteiger partial charge is 0.497 e. The molecule has 0 aliphatic carbocycles. The molecular formula is C21H19BrN2O3. The number of rotatable bonds is 6. The Morgan fingerprint density at radius 1 is 0.926 bits per heavy atom. The number of carbonyl (C=O) groups excluding carboxylic acids is 1. The zero-order valence-electron chi connectivity index (χ0n) is 15.0. The number of aromatic nitrogens is 1. The third kappa shape index (κ3) is 4.65. The van der Waals surface area contributed by atoms with Gasteiger partial charge in [0.2, 0.25) is 0 Å². The lowest BCUT2D eigenvalue weighted by molar-refractivity contribution is 0.0942. The van der Waals surface area contributed by atoms with Gasteiger partial charge in [0.25, 0.3) is 5.91 Å². The number of amides is 1. The Labute approximate surface area is 166 Å². The predicted molar refractivity (Wildman–Crippen MR) is 107 cm³/mol. The van der Waals surface area contributed by atoms with Crippen LogP contribution in [0.15, 0.2) is 71.5 Å². The zero-order chi connectivity index (χ0) is 19.2. The van der Waals surface area contributed by atoms with Crippen LogP contribution in [-0.2, 0) is 0 Å². The molecule has 3 aromatic rings. The molecule has 6 heteroatoms. The van der Waals surface area contributed by atoms with Crippen molar-refractivity contribution in [1.29, 1.82) is 0 Å². The van der Waals surface area contributed by atoms with Gasteiger partial charge in [-0.3, -0.25) is 9.78 Å². The Hall–Kier alpha value is -2.86. The van der Waals surface area contributed by atoms with Crippen molar-refractivity contribution >= 4 is 21.8 Å². The van der Waals surface area contributed by atoms with E-state index in [2.05, 4.69) is 26.2 Å². The van der Waals surface area contributed by atoms with Crippen molar-refractivity contribution in [3.05, 3.63) is 88.2 Å². The number of ether oxygens (including phenoxy) is 2. The van der Waals surface area contributed by atoms with Gasteiger partial charge in [-0.1, -0.05) is 24.3 Å². The van der Waals surface area contributed by atoms with E-state index in [1.807, 2.05) is 48.5 Å². The van der Waals surface area contributed by atoms with Crippen molar-refractivity contribution in [2.45, 2.75) is 6.04 Å². The summed E-state index contributed by atoms with van der Waals surface area (Å²) < 4.78 is 11.2. The molecule has 5 nitrogen and oxygen atoms in total. The van der Waals surface area contributed by atoms with Crippen LogP contribution in [0, 0.1) is 0 Å². The quantitative estimate of drug-likeness (QED) is 0.635.